The molecule has 14 heavy (non-hydrogen) atoms. The van der Waals surface area contributed by atoms with E-state index >= 15 is 0 Å². The van der Waals surface area contributed by atoms with E-state index in [0.717, 1.165) is 18.6 Å². The van der Waals surface area contributed by atoms with Crippen LogP contribution in [0.1, 0.15) is 25.7 Å². The normalized spacial score (nSPS) is 34.0. The van der Waals surface area contributed by atoms with Gasteiger partial charge in [-0.25, -0.2) is 4.79 Å². The van der Waals surface area contributed by atoms with Crippen molar-refractivity contribution in [1.82, 2.24) is 10.2 Å². The lowest BCUT2D eigenvalue weighted by atomic mass is 10.2. The smallest absolute Gasteiger partial charge is 0.297 e. The Bertz CT molecular complexity index is 312. The van der Waals surface area contributed by atoms with Gasteiger partial charge in [0.15, 0.2) is 0 Å². The minimum atomic E-state index is -0.189. The van der Waals surface area contributed by atoms with E-state index in [1.807, 2.05) is 0 Å². The van der Waals surface area contributed by atoms with E-state index in [0.29, 0.717) is 0 Å². The summed E-state index contributed by atoms with van der Waals surface area (Å²) in [5, 5.41) is 2.40. The summed E-state index contributed by atoms with van der Waals surface area (Å²) in [5.74, 6) is 0.670. The number of imide groups is 1. The number of nitrogens with one attached hydrogen (secondary N) is 1. The number of hydrogen-bond donors (Lipinski definition) is 1. The quantitative estimate of drug-likeness (QED) is 0.607. The molecule has 0 aromatic carbocycles. The minimum Gasteiger partial charge on any atom is -0.297 e. The molecule has 0 radical (unpaired) electrons. The first-order chi connectivity index (χ1) is 6.73. The van der Waals surface area contributed by atoms with Gasteiger partial charge in [-0.2, -0.15) is 0 Å². The van der Waals surface area contributed by atoms with Crippen LogP contribution < -0.4 is 5.32 Å². The van der Waals surface area contributed by atoms with Gasteiger partial charge in [-0.15, -0.1) is 11.8 Å². The SMILES string of the molecule is O=C1NC(=O)N2[C@H]1CSC21CCCC1. The molecule has 0 aromatic rings. The van der Waals surface area contributed by atoms with Crippen LogP contribution in [0.5, 0.6) is 0 Å². The zero-order chi connectivity index (χ0) is 9.76. The molecule has 0 aromatic heterocycles. The van der Waals surface area contributed by atoms with Gasteiger partial charge in [-0.05, 0) is 12.8 Å². The van der Waals surface area contributed by atoms with Crippen molar-refractivity contribution < 1.29 is 9.59 Å². The van der Waals surface area contributed by atoms with Gasteiger partial charge in [-0.1, -0.05) is 12.8 Å². The van der Waals surface area contributed by atoms with Crippen molar-refractivity contribution >= 4 is 23.7 Å². The molecule has 1 N–H and O–H groups in total. The summed E-state index contributed by atoms with van der Waals surface area (Å²) >= 11 is 1.80. The summed E-state index contributed by atoms with van der Waals surface area (Å²) in [6.07, 6.45) is 4.46. The Labute approximate surface area is 86.4 Å². The summed E-state index contributed by atoms with van der Waals surface area (Å²) in [5.41, 5.74) is 0. The standard InChI is InChI=1S/C9H12N2O2S/c12-7-6-5-14-9(3-1-2-4-9)11(6)8(13)10-7/h6H,1-5H2,(H,10,12,13)/t6-/m0/s1. The molecular weight excluding hydrogens is 200 g/mol. The van der Waals surface area contributed by atoms with Gasteiger partial charge in [0.25, 0.3) is 5.91 Å². The van der Waals surface area contributed by atoms with Crippen LogP contribution >= 0.6 is 11.8 Å². The van der Waals surface area contributed by atoms with Gasteiger partial charge in [0, 0.05) is 5.75 Å². The Kier molecular flexibility index (Phi) is 1.63. The fourth-order valence-corrected chi connectivity index (χ4v) is 4.44. The Hall–Kier alpha value is -0.710. The lowest BCUT2D eigenvalue weighted by Gasteiger charge is -2.31. The molecule has 3 fully saturated rings. The molecule has 1 atom stereocenters. The molecule has 0 unspecified atom stereocenters. The zero-order valence-electron chi connectivity index (χ0n) is 7.78. The molecule has 5 heteroatoms. The molecule has 2 aliphatic heterocycles. The van der Waals surface area contributed by atoms with E-state index in [9.17, 15) is 9.59 Å². The summed E-state index contributed by atoms with van der Waals surface area (Å²) in [7, 11) is 0. The average molecular weight is 212 g/mol. The van der Waals surface area contributed by atoms with E-state index in [1.165, 1.54) is 12.8 Å². The monoisotopic (exact) mass is 212 g/mol. The van der Waals surface area contributed by atoms with Crippen LogP contribution in [0.4, 0.5) is 4.79 Å². The van der Waals surface area contributed by atoms with Crippen molar-refractivity contribution in [3.63, 3.8) is 0 Å². The molecule has 4 nitrogen and oxygen atoms in total. The Morgan fingerprint density at radius 2 is 2.07 bits per heavy atom. The van der Waals surface area contributed by atoms with Crippen LogP contribution in [0.2, 0.25) is 0 Å². The molecule has 1 spiro atoms. The first-order valence-corrected chi connectivity index (χ1v) is 6.00. The minimum absolute atomic E-state index is 0.0408. The highest BCUT2D eigenvalue weighted by molar-refractivity contribution is 8.01. The summed E-state index contributed by atoms with van der Waals surface area (Å²) in [6, 6.07) is -0.363. The molecule has 2 heterocycles. The maximum atomic E-state index is 11.6. The van der Waals surface area contributed by atoms with E-state index in [2.05, 4.69) is 5.32 Å². The molecular formula is C9H12N2O2S. The number of fused-ring (bicyclic) bond motifs is 2. The zero-order valence-corrected chi connectivity index (χ0v) is 8.60. The number of urea groups is 1. The number of nitrogens with zero attached hydrogens (tertiary/aromatic N) is 1. The predicted octanol–water partition coefficient (Wildman–Crippen LogP) is 0.924. The van der Waals surface area contributed by atoms with Crippen LogP contribution in [0.25, 0.3) is 0 Å². The van der Waals surface area contributed by atoms with E-state index in [4.69, 9.17) is 0 Å². The predicted molar refractivity (Wildman–Crippen MR) is 52.8 cm³/mol. The lowest BCUT2D eigenvalue weighted by molar-refractivity contribution is -0.121. The fraction of sp³-hybridized carbons (Fsp3) is 0.778. The van der Waals surface area contributed by atoms with Gasteiger partial charge in [-0.3, -0.25) is 15.0 Å². The third-order valence-corrected chi connectivity index (χ3v) is 5.02. The topological polar surface area (TPSA) is 49.4 Å². The van der Waals surface area contributed by atoms with Crippen molar-refractivity contribution in [3.8, 4) is 0 Å². The number of rotatable bonds is 0. The third-order valence-electron chi connectivity index (χ3n) is 3.40. The molecule has 2 saturated heterocycles. The number of hydrogen-bond acceptors (Lipinski definition) is 3. The first kappa shape index (κ1) is 8.59. The van der Waals surface area contributed by atoms with Crippen molar-refractivity contribution in [3.05, 3.63) is 0 Å². The third kappa shape index (κ3) is 0.908. The van der Waals surface area contributed by atoms with Crippen molar-refractivity contribution in [2.45, 2.75) is 36.6 Å². The van der Waals surface area contributed by atoms with E-state index in [1.54, 1.807) is 16.7 Å². The summed E-state index contributed by atoms with van der Waals surface area (Å²) in [6.45, 7) is 0. The van der Waals surface area contributed by atoms with Crippen LogP contribution in [0, 0.1) is 0 Å². The lowest BCUT2D eigenvalue weighted by Crippen LogP contribution is -2.44. The maximum absolute atomic E-state index is 11.6. The van der Waals surface area contributed by atoms with Gasteiger partial charge >= 0.3 is 6.03 Å². The second kappa shape index (κ2) is 2.66. The molecule has 0 bridgehead atoms. The highest BCUT2D eigenvalue weighted by Gasteiger charge is 2.56. The second-order valence-electron chi connectivity index (χ2n) is 4.14. The van der Waals surface area contributed by atoms with Gasteiger partial charge in [0.05, 0.1) is 4.87 Å². The number of thioether (sulfide) groups is 1. The van der Waals surface area contributed by atoms with Crippen LogP contribution in [-0.4, -0.2) is 33.5 Å². The van der Waals surface area contributed by atoms with Crippen LogP contribution in [0.15, 0.2) is 0 Å². The van der Waals surface area contributed by atoms with Gasteiger partial charge in [0.2, 0.25) is 0 Å². The van der Waals surface area contributed by atoms with E-state index < -0.39 is 0 Å². The fourth-order valence-electron chi connectivity index (χ4n) is 2.74. The highest BCUT2D eigenvalue weighted by Crippen LogP contribution is 2.51. The summed E-state index contributed by atoms with van der Waals surface area (Å²) < 4.78 is 0. The van der Waals surface area contributed by atoms with Crippen molar-refractivity contribution in [1.29, 1.82) is 0 Å². The number of carbonyl (C=O) groups is 2. The van der Waals surface area contributed by atoms with Crippen molar-refractivity contribution in [2.75, 3.05) is 5.75 Å². The molecule has 3 amide bonds. The molecule has 76 valence electrons. The molecule has 1 saturated carbocycles. The maximum Gasteiger partial charge on any atom is 0.325 e. The second-order valence-corrected chi connectivity index (χ2v) is 5.53. The van der Waals surface area contributed by atoms with Crippen LogP contribution in [0.3, 0.4) is 0 Å². The molecule has 1 aliphatic carbocycles. The van der Waals surface area contributed by atoms with Crippen molar-refractivity contribution in [2.24, 2.45) is 0 Å². The van der Waals surface area contributed by atoms with E-state index in [-0.39, 0.29) is 22.9 Å². The first-order valence-electron chi connectivity index (χ1n) is 5.01. The molecule has 3 aliphatic rings. The van der Waals surface area contributed by atoms with Crippen LogP contribution in [-0.2, 0) is 4.79 Å². The Morgan fingerprint density at radius 1 is 1.36 bits per heavy atom. The summed E-state index contributed by atoms with van der Waals surface area (Å²) in [4.78, 5) is 24.8. The Morgan fingerprint density at radius 3 is 2.79 bits per heavy atom. The molecule has 3 rings (SSSR count). The largest absolute Gasteiger partial charge is 0.325 e. The van der Waals surface area contributed by atoms with Gasteiger partial charge < -0.3 is 0 Å². The Balaban J connectivity index is 1.97. The average Bonchev–Trinajstić information content (AvgIpc) is 2.79. The number of amides is 3. The van der Waals surface area contributed by atoms with Gasteiger partial charge in [0.1, 0.15) is 6.04 Å². The number of carbonyl (C=O) groups excluding carboxylic acids is 2. The highest BCUT2D eigenvalue weighted by atomic mass is 32.2.